The lowest BCUT2D eigenvalue weighted by Gasteiger charge is -2.17. The van der Waals surface area contributed by atoms with Crippen LogP contribution in [0.25, 0.3) is 0 Å². The molecule has 0 aliphatic rings. The maximum absolute atomic E-state index is 11.4. The van der Waals surface area contributed by atoms with Gasteiger partial charge < -0.3 is 4.79 Å². The summed E-state index contributed by atoms with van der Waals surface area (Å²) >= 11 is 0. The van der Waals surface area contributed by atoms with E-state index in [1.165, 1.54) is 0 Å². The molecule has 15 heavy (non-hydrogen) atoms. The van der Waals surface area contributed by atoms with Crippen molar-refractivity contribution in [2.75, 3.05) is 12.4 Å². The maximum Gasteiger partial charge on any atom is 0.267 e. The first-order valence-corrected chi connectivity index (χ1v) is 6.56. The van der Waals surface area contributed by atoms with Crippen LogP contribution in [0.15, 0.2) is 0 Å². The van der Waals surface area contributed by atoms with Crippen LogP contribution in [0.3, 0.4) is 0 Å². The summed E-state index contributed by atoms with van der Waals surface area (Å²) in [7, 11) is -3.48. The Bertz CT molecular complexity index is 287. The summed E-state index contributed by atoms with van der Waals surface area (Å²) in [6.07, 6.45) is 1.06. The van der Waals surface area contributed by atoms with Crippen LogP contribution in [0.5, 0.6) is 0 Å². The second-order valence-electron chi connectivity index (χ2n) is 4.99. The van der Waals surface area contributed by atoms with Gasteiger partial charge in [-0.3, -0.25) is 4.18 Å². The van der Waals surface area contributed by atoms with Gasteiger partial charge in [0, 0.05) is 5.92 Å². The predicted molar refractivity (Wildman–Crippen MR) is 59.0 cm³/mol. The van der Waals surface area contributed by atoms with Crippen LogP contribution in [0, 0.1) is 11.3 Å². The van der Waals surface area contributed by atoms with Crippen LogP contribution in [0.1, 0.15) is 34.1 Å². The van der Waals surface area contributed by atoms with E-state index >= 15 is 0 Å². The molecule has 0 saturated heterocycles. The molecule has 0 aromatic carbocycles. The molecular weight excluding hydrogens is 216 g/mol. The first-order valence-electron chi connectivity index (χ1n) is 4.99. The lowest BCUT2D eigenvalue weighted by molar-refractivity contribution is -0.110. The van der Waals surface area contributed by atoms with Gasteiger partial charge in [-0.2, -0.15) is 8.42 Å². The zero-order valence-corrected chi connectivity index (χ0v) is 10.6. The van der Waals surface area contributed by atoms with Crippen molar-refractivity contribution < 1.29 is 17.4 Å². The lowest BCUT2D eigenvalue weighted by atomic mass is 9.99. The van der Waals surface area contributed by atoms with Crippen LogP contribution in [0.4, 0.5) is 0 Å². The standard InChI is InChI=1S/C10H20O4S/c1-9(7-11)5-6-15(12,13)14-8-10(2,3)4/h7,9H,5-6,8H2,1-4H3. The molecule has 4 nitrogen and oxygen atoms in total. The topological polar surface area (TPSA) is 60.4 Å². The fraction of sp³-hybridized carbons (Fsp3) is 0.900. The van der Waals surface area contributed by atoms with Gasteiger partial charge in [0.15, 0.2) is 0 Å². The molecule has 0 heterocycles. The van der Waals surface area contributed by atoms with E-state index in [0.717, 1.165) is 6.29 Å². The monoisotopic (exact) mass is 236 g/mol. The van der Waals surface area contributed by atoms with Crippen LogP contribution >= 0.6 is 0 Å². The van der Waals surface area contributed by atoms with E-state index in [-0.39, 0.29) is 23.7 Å². The zero-order chi connectivity index (χ0) is 12.1. The Hall–Kier alpha value is -0.420. The highest BCUT2D eigenvalue weighted by Crippen LogP contribution is 2.15. The lowest BCUT2D eigenvalue weighted by Crippen LogP contribution is -2.21. The van der Waals surface area contributed by atoms with E-state index in [1.54, 1.807) is 6.92 Å². The van der Waals surface area contributed by atoms with Crippen LogP contribution < -0.4 is 0 Å². The van der Waals surface area contributed by atoms with E-state index in [1.807, 2.05) is 20.8 Å². The van der Waals surface area contributed by atoms with Crippen molar-refractivity contribution in [2.45, 2.75) is 34.1 Å². The molecule has 1 unspecified atom stereocenters. The van der Waals surface area contributed by atoms with Gasteiger partial charge in [0.2, 0.25) is 0 Å². The Kier molecular flexibility index (Phi) is 5.45. The van der Waals surface area contributed by atoms with Crippen molar-refractivity contribution in [1.82, 2.24) is 0 Å². The third-order valence-corrected chi connectivity index (χ3v) is 2.94. The van der Waals surface area contributed by atoms with E-state index in [2.05, 4.69) is 0 Å². The van der Waals surface area contributed by atoms with Crippen LogP contribution in [-0.4, -0.2) is 27.1 Å². The molecule has 5 heteroatoms. The average molecular weight is 236 g/mol. The normalized spacial score (nSPS) is 14.9. The van der Waals surface area contributed by atoms with Crippen molar-refractivity contribution in [3.63, 3.8) is 0 Å². The molecule has 0 aliphatic carbocycles. The predicted octanol–water partition coefficient (Wildman–Crippen LogP) is 1.60. The Labute approximate surface area is 92.1 Å². The summed E-state index contributed by atoms with van der Waals surface area (Å²) in [5.41, 5.74) is -0.177. The molecule has 0 rings (SSSR count). The molecule has 0 fully saturated rings. The Morgan fingerprint density at radius 2 is 1.87 bits per heavy atom. The highest BCUT2D eigenvalue weighted by atomic mass is 32.2. The van der Waals surface area contributed by atoms with Crippen molar-refractivity contribution >= 4 is 16.4 Å². The van der Waals surface area contributed by atoms with Crippen molar-refractivity contribution in [1.29, 1.82) is 0 Å². The van der Waals surface area contributed by atoms with Gasteiger partial charge in [0.25, 0.3) is 10.1 Å². The second-order valence-corrected chi connectivity index (χ2v) is 6.75. The fourth-order valence-electron chi connectivity index (χ4n) is 0.724. The number of hydrogen-bond donors (Lipinski definition) is 0. The molecule has 0 aromatic heterocycles. The Morgan fingerprint density at radius 3 is 2.27 bits per heavy atom. The van der Waals surface area contributed by atoms with Gasteiger partial charge in [0.05, 0.1) is 12.4 Å². The second kappa shape index (κ2) is 5.61. The minimum atomic E-state index is -3.48. The largest absolute Gasteiger partial charge is 0.303 e. The summed E-state index contributed by atoms with van der Waals surface area (Å²) < 4.78 is 27.6. The summed E-state index contributed by atoms with van der Waals surface area (Å²) in [6, 6.07) is 0. The van der Waals surface area contributed by atoms with Gasteiger partial charge >= 0.3 is 0 Å². The molecule has 90 valence electrons. The number of carbonyl (C=O) groups excluding carboxylic acids is 1. The number of rotatable bonds is 6. The molecule has 0 bridgehead atoms. The summed E-state index contributed by atoms with van der Waals surface area (Å²) in [5.74, 6) is -0.332. The minimum absolute atomic E-state index is 0.0943. The molecule has 0 radical (unpaired) electrons. The molecule has 0 aliphatic heterocycles. The maximum atomic E-state index is 11.4. The van der Waals surface area contributed by atoms with E-state index in [4.69, 9.17) is 4.18 Å². The third-order valence-electron chi connectivity index (χ3n) is 1.73. The molecular formula is C10H20O4S. The quantitative estimate of drug-likeness (QED) is 0.519. The van der Waals surface area contributed by atoms with Gasteiger partial charge in [0.1, 0.15) is 6.29 Å². The van der Waals surface area contributed by atoms with E-state index in [0.29, 0.717) is 6.42 Å². The van der Waals surface area contributed by atoms with Crippen molar-refractivity contribution in [3.05, 3.63) is 0 Å². The Morgan fingerprint density at radius 1 is 1.33 bits per heavy atom. The first kappa shape index (κ1) is 14.6. The smallest absolute Gasteiger partial charge is 0.267 e. The molecule has 0 saturated carbocycles. The zero-order valence-electron chi connectivity index (χ0n) is 9.82. The molecule has 1 atom stereocenters. The van der Waals surface area contributed by atoms with Gasteiger partial charge in [-0.15, -0.1) is 0 Å². The minimum Gasteiger partial charge on any atom is -0.303 e. The van der Waals surface area contributed by atoms with Gasteiger partial charge in [-0.05, 0) is 11.8 Å². The first-order chi connectivity index (χ1) is 6.66. The van der Waals surface area contributed by atoms with Crippen molar-refractivity contribution in [2.24, 2.45) is 11.3 Å². The molecule has 0 N–H and O–H groups in total. The fourth-order valence-corrected chi connectivity index (χ4v) is 2.04. The summed E-state index contributed by atoms with van der Waals surface area (Å²) in [6.45, 7) is 7.56. The average Bonchev–Trinajstić information content (AvgIpc) is 2.10. The van der Waals surface area contributed by atoms with Gasteiger partial charge in [-0.25, -0.2) is 0 Å². The Balaban J connectivity index is 4.04. The van der Waals surface area contributed by atoms with Crippen molar-refractivity contribution in [3.8, 4) is 0 Å². The SMILES string of the molecule is CC(C=O)CCS(=O)(=O)OCC(C)(C)C. The molecule has 0 aromatic rings. The summed E-state index contributed by atoms with van der Waals surface area (Å²) in [4.78, 5) is 10.3. The number of aldehydes is 1. The third kappa shape index (κ3) is 8.57. The van der Waals surface area contributed by atoms with E-state index < -0.39 is 10.1 Å². The molecule has 0 spiro atoms. The van der Waals surface area contributed by atoms with Crippen LogP contribution in [0.2, 0.25) is 0 Å². The summed E-state index contributed by atoms with van der Waals surface area (Å²) in [5, 5.41) is 0. The van der Waals surface area contributed by atoms with Gasteiger partial charge in [-0.1, -0.05) is 27.7 Å². The molecule has 0 amide bonds. The highest BCUT2D eigenvalue weighted by Gasteiger charge is 2.18. The number of carbonyl (C=O) groups is 1. The number of hydrogen-bond acceptors (Lipinski definition) is 4. The highest BCUT2D eigenvalue weighted by molar-refractivity contribution is 7.86. The van der Waals surface area contributed by atoms with E-state index in [9.17, 15) is 13.2 Å². The van der Waals surface area contributed by atoms with Crippen LogP contribution in [-0.2, 0) is 19.1 Å².